The number of fused-ring (bicyclic) bond motifs is 1. The molecular formula is C15H19N5O. The Hall–Kier alpha value is -2.34. The molecule has 0 spiro atoms. The van der Waals surface area contributed by atoms with E-state index in [1.54, 1.807) is 6.26 Å². The normalized spacial score (nSPS) is 11.2. The fourth-order valence-corrected chi connectivity index (χ4v) is 2.26. The van der Waals surface area contributed by atoms with Gasteiger partial charge < -0.3 is 15.5 Å². The largest absolute Gasteiger partial charge is 0.463 e. The van der Waals surface area contributed by atoms with Gasteiger partial charge in [-0.05, 0) is 38.9 Å². The van der Waals surface area contributed by atoms with Crippen molar-refractivity contribution in [2.45, 2.75) is 20.3 Å². The van der Waals surface area contributed by atoms with Crippen molar-refractivity contribution in [3.8, 4) is 11.5 Å². The van der Waals surface area contributed by atoms with E-state index >= 15 is 0 Å². The Morgan fingerprint density at radius 3 is 2.95 bits per heavy atom. The molecule has 21 heavy (non-hydrogen) atoms. The highest BCUT2D eigenvalue weighted by Gasteiger charge is 2.14. The van der Waals surface area contributed by atoms with E-state index in [-0.39, 0.29) is 0 Å². The Morgan fingerprint density at radius 1 is 1.38 bits per heavy atom. The fourth-order valence-electron chi connectivity index (χ4n) is 2.26. The maximum Gasteiger partial charge on any atom is 0.158 e. The van der Waals surface area contributed by atoms with Gasteiger partial charge in [-0.1, -0.05) is 0 Å². The molecule has 0 amide bonds. The first-order chi connectivity index (χ1) is 10.2. The van der Waals surface area contributed by atoms with E-state index < -0.39 is 0 Å². The van der Waals surface area contributed by atoms with Crippen LogP contribution >= 0.6 is 0 Å². The highest BCUT2D eigenvalue weighted by Crippen LogP contribution is 2.24. The van der Waals surface area contributed by atoms with Gasteiger partial charge in [-0.2, -0.15) is 9.61 Å². The predicted molar refractivity (Wildman–Crippen MR) is 82.3 cm³/mol. The molecule has 0 aliphatic carbocycles. The van der Waals surface area contributed by atoms with Crippen molar-refractivity contribution in [2.24, 2.45) is 5.73 Å². The molecule has 3 aromatic rings. The second-order valence-electron chi connectivity index (χ2n) is 5.02. The summed E-state index contributed by atoms with van der Waals surface area (Å²) in [7, 11) is 0. The Morgan fingerprint density at radius 2 is 2.24 bits per heavy atom. The van der Waals surface area contributed by atoms with Crippen molar-refractivity contribution in [3.63, 3.8) is 0 Å². The Bertz CT molecular complexity index is 745. The van der Waals surface area contributed by atoms with Crippen LogP contribution in [-0.4, -0.2) is 27.7 Å². The topological polar surface area (TPSA) is 81.4 Å². The highest BCUT2D eigenvalue weighted by atomic mass is 16.3. The molecule has 3 heterocycles. The van der Waals surface area contributed by atoms with Gasteiger partial charge in [0, 0.05) is 23.9 Å². The molecule has 3 N–H and O–H groups in total. The molecule has 0 saturated carbocycles. The third-order valence-electron chi connectivity index (χ3n) is 3.53. The predicted octanol–water partition coefficient (Wildman–Crippen LogP) is 2.37. The van der Waals surface area contributed by atoms with E-state index in [1.807, 2.05) is 36.6 Å². The van der Waals surface area contributed by atoms with Crippen LogP contribution in [0.1, 0.15) is 17.7 Å². The Labute approximate surface area is 123 Å². The zero-order valence-electron chi connectivity index (χ0n) is 12.3. The number of nitrogens with zero attached hydrogens (tertiary/aromatic N) is 3. The van der Waals surface area contributed by atoms with Gasteiger partial charge in [-0.3, -0.25) is 0 Å². The van der Waals surface area contributed by atoms with Gasteiger partial charge in [0.15, 0.2) is 11.4 Å². The smallest absolute Gasteiger partial charge is 0.158 e. The van der Waals surface area contributed by atoms with E-state index in [0.29, 0.717) is 6.54 Å². The van der Waals surface area contributed by atoms with Crippen LogP contribution in [0.4, 0.5) is 5.82 Å². The first kappa shape index (κ1) is 13.6. The number of rotatable bonds is 5. The van der Waals surface area contributed by atoms with Crippen LogP contribution in [0.5, 0.6) is 0 Å². The number of furan rings is 1. The molecule has 0 aliphatic heterocycles. The summed E-state index contributed by atoms with van der Waals surface area (Å²) >= 11 is 0. The van der Waals surface area contributed by atoms with Crippen molar-refractivity contribution in [2.75, 3.05) is 18.4 Å². The van der Waals surface area contributed by atoms with Crippen molar-refractivity contribution >= 4 is 11.5 Å². The minimum atomic E-state index is 0.663. The molecular weight excluding hydrogens is 266 g/mol. The van der Waals surface area contributed by atoms with Gasteiger partial charge in [-0.25, -0.2) is 4.98 Å². The van der Waals surface area contributed by atoms with Crippen LogP contribution in [0.3, 0.4) is 0 Å². The lowest BCUT2D eigenvalue weighted by Crippen LogP contribution is -2.13. The van der Waals surface area contributed by atoms with Crippen molar-refractivity contribution in [1.29, 1.82) is 0 Å². The molecule has 0 aliphatic rings. The number of anilines is 1. The summed E-state index contributed by atoms with van der Waals surface area (Å²) in [5.74, 6) is 1.70. The summed E-state index contributed by atoms with van der Waals surface area (Å²) in [6.07, 6.45) is 2.55. The third-order valence-corrected chi connectivity index (χ3v) is 3.53. The first-order valence-corrected chi connectivity index (χ1v) is 7.05. The number of aromatic nitrogens is 3. The van der Waals surface area contributed by atoms with Gasteiger partial charge >= 0.3 is 0 Å². The number of nitrogens with two attached hydrogens (primary N) is 1. The van der Waals surface area contributed by atoms with Gasteiger partial charge in [-0.15, -0.1) is 0 Å². The molecule has 0 radical (unpaired) electrons. The second-order valence-corrected chi connectivity index (χ2v) is 5.02. The SMILES string of the molecule is Cc1nc2cc(-c3ccco3)nn2c(NCCCN)c1C. The van der Waals surface area contributed by atoms with E-state index in [2.05, 4.69) is 15.4 Å². The van der Waals surface area contributed by atoms with Gasteiger partial charge in [0.05, 0.1) is 6.26 Å². The number of aryl methyl sites for hydroxylation is 1. The van der Waals surface area contributed by atoms with Crippen molar-refractivity contribution in [3.05, 3.63) is 35.7 Å². The molecule has 110 valence electrons. The third kappa shape index (κ3) is 2.50. The van der Waals surface area contributed by atoms with Gasteiger partial charge in [0.2, 0.25) is 0 Å². The minimum absolute atomic E-state index is 0.663. The summed E-state index contributed by atoms with van der Waals surface area (Å²) in [5.41, 5.74) is 9.22. The van der Waals surface area contributed by atoms with Crippen molar-refractivity contribution < 1.29 is 4.42 Å². The van der Waals surface area contributed by atoms with Crippen LogP contribution in [0.15, 0.2) is 28.9 Å². The summed E-state index contributed by atoms with van der Waals surface area (Å²) in [6.45, 7) is 5.52. The zero-order valence-corrected chi connectivity index (χ0v) is 12.3. The second kappa shape index (κ2) is 5.57. The van der Waals surface area contributed by atoms with Crippen LogP contribution in [0.2, 0.25) is 0 Å². The average Bonchev–Trinajstić information content (AvgIpc) is 3.11. The highest BCUT2D eigenvalue weighted by molar-refractivity contribution is 5.63. The van der Waals surface area contributed by atoms with Gasteiger partial charge in [0.1, 0.15) is 11.5 Å². The summed E-state index contributed by atoms with van der Waals surface area (Å²) < 4.78 is 7.24. The van der Waals surface area contributed by atoms with E-state index in [1.165, 1.54) is 0 Å². The quantitative estimate of drug-likeness (QED) is 0.703. The molecule has 3 aromatic heterocycles. The minimum Gasteiger partial charge on any atom is -0.463 e. The summed E-state index contributed by atoms with van der Waals surface area (Å²) in [6, 6.07) is 5.67. The lowest BCUT2D eigenvalue weighted by atomic mass is 10.2. The van der Waals surface area contributed by atoms with Crippen LogP contribution in [-0.2, 0) is 0 Å². The number of hydrogen-bond acceptors (Lipinski definition) is 5. The van der Waals surface area contributed by atoms with Crippen molar-refractivity contribution in [1.82, 2.24) is 14.6 Å². The number of nitrogens with one attached hydrogen (secondary N) is 1. The molecule has 0 fully saturated rings. The lowest BCUT2D eigenvalue weighted by molar-refractivity contribution is 0.579. The standard InChI is InChI=1S/C15H19N5O/c1-10-11(2)18-14-9-12(13-5-3-8-21-13)19-20(14)15(10)17-7-4-6-16/h3,5,8-9,17H,4,6-7,16H2,1-2H3. The molecule has 0 saturated heterocycles. The summed E-state index contributed by atoms with van der Waals surface area (Å²) in [5, 5.41) is 8.01. The van der Waals surface area contributed by atoms with E-state index in [4.69, 9.17) is 10.2 Å². The van der Waals surface area contributed by atoms with E-state index in [0.717, 1.165) is 47.1 Å². The Kier molecular flexibility index (Phi) is 3.62. The Balaban J connectivity index is 2.08. The first-order valence-electron chi connectivity index (χ1n) is 7.05. The van der Waals surface area contributed by atoms with Gasteiger partial charge in [0.25, 0.3) is 0 Å². The zero-order chi connectivity index (χ0) is 14.8. The fraction of sp³-hybridized carbons (Fsp3) is 0.333. The molecule has 0 bridgehead atoms. The molecule has 6 heteroatoms. The maximum atomic E-state index is 5.55. The van der Waals surface area contributed by atoms with E-state index in [9.17, 15) is 0 Å². The average molecular weight is 285 g/mol. The number of hydrogen-bond donors (Lipinski definition) is 2. The van der Waals surface area contributed by atoms with Crippen LogP contribution in [0, 0.1) is 13.8 Å². The monoisotopic (exact) mass is 285 g/mol. The van der Waals surface area contributed by atoms with Crippen LogP contribution < -0.4 is 11.1 Å². The molecule has 0 atom stereocenters. The lowest BCUT2D eigenvalue weighted by Gasteiger charge is -2.12. The maximum absolute atomic E-state index is 5.55. The molecule has 0 aromatic carbocycles. The van der Waals surface area contributed by atoms with Crippen LogP contribution in [0.25, 0.3) is 17.1 Å². The molecule has 6 nitrogen and oxygen atoms in total. The molecule has 0 unspecified atom stereocenters. The molecule has 3 rings (SSSR count). The summed E-state index contributed by atoms with van der Waals surface area (Å²) in [4.78, 5) is 4.59.